The molecule has 0 unspecified atom stereocenters. The molecule has 4 heteroatoms. The van der Waals surface area contributed by atoms with Gasteiger partial charge in [-0.25, -0.2) is 0 Å². The Labute approximate surface area is 108 Å². The Morgan fingerprint density at radius 1 is 1.06 bits per heavy atom. The summed E-state index contributed by atoms with van der Waals surface area (Å²) in [6.07, 6.45) is 4.26. The predicted octanol–water partition coefficient (Wildman–Crippen LogP) is 2.44. The molecule has 0 aromatic heterocycles. The van der Waals surface area contributed by atoms with Crippen LogP contribution in [0.4, 0.5) is 0 Å². The molecular formula is C14H21NO3. The van der Waals surface area contributed by atoms with Crippen molar-refractivity contribution < 1.29 is 14.2 Å². The maximum Gasteiger partial charge on any atom is 0.203 e. The lowest BCUT2D eigenvalue weighted by Gasteiger charge is -2.20. The molecule has 1 aliphatic rings. The third-order valence-corrected chi connectivity index (χ3v) is 3.56. The Hall–Kier alpha value is -1.42. The molecule has 100 valence electrons. The summed E-state index contributed by atoms with van der Waals surface area (Å²) in [6.45, 7) is 0. The van der Waals surface area contributed by atoms with Gasteiger partial charge in [-0.1, -0.05) is 6.42 Å². The van der Waals surface area contributed by atoms with Gasteiger partial charge in [0.15, 0.2) is 11.5 Å². The highest BCUT2D eigenvalue weighted by Crippen LogP contribution is 2.45. The minimum Gasteiger partial charge on any atom is -0.493 e. The molecule has 1 aliphatic carbocycles. The van der Waals surface area contributed by atoms with E-state index in [1.54, 1.807) is 21.3 Å². The number of nitrogens with two attached hydrogens (primary N) is 1. The van der Waals surface area contributed by atoms with Crippen LogP contribution in [0.25, 0.3) is 0 Å². The predicted molar refractivity (Wildman–Crippen MR) is 70.6 cm³/mol. The van der Waals surface area contributed by atoms with E-state index in [9.17, 15) is 0 Å². The fourth-order valence-corrected chi connectivity index (χ4v) is 2.64. The zero-order valence-electron chi connectivity index (χ0n) is 11.3. The summed E-state index contributed by atoms with van der Waals surface area (Å²) < 4.78 is 16.3. The second-order valence-electron chi connectivity index (χ2n) is 4.57. The Balaban J connectivity index is 2.64. The van der Waals surface area contributed by atoms with Gasteiger partial charge in [0, 0.05) is 11.6 Å². The van der Waals surface area contributed by atoms with E-state index >= 15 is 0 Å². The molecule has 0 saturated carbocycles. The van der Waals surface area contributed by atoms with Gasteiger partial charge in [-0.3, -0.25) is 0 Å². The second kappa shape index (κ2) is 5.48. The van der Waals surface area contributed by atoms with Crippen molar-refractivity contribution in [2.75, 3.05) is 21.3 Å². The van der Waals surface area contributed by atoms with E-state index in [0.717, 1.165) is 37.0 Å². The van der Waals surface area contributed by atoms with Gasteiger partial charge < -0.3 is 19.9 Å². The molecule has 1 atom stereocenters. The number of ether oxygens (including phenoxy) is 3. The van der Waals surface area contributed by atoms with Crippen LogP contribution in [0.15, 0.2) is 6.07 Å². The maximum absolute atomic E-state index is 6.23. The van der Waals surface area contributed by atoms with Crippen LogP contribution in [0.1, 0.15) is 36.4 Å². The smallest absolute Gasteiger partial charge is 0.203 e. The van der Waals surface area contributed by atoms with Gasteiger partial charge in [0.1, 0.15) is 0 Å². The largest absolute Gasteiger partial charge is 0.493 e. The molecule has 4 nitrogen and oxygen atoms in total. The maximum atomic E-state index is 6.23. The monoisotopic (exact) mass is 251 g/mol. The van der Waals surface area contributed by atoms with Crippen molar-refractivity contribution >= 4 is 0 Å². The fraction of sp³-hybridized carbons (Fsp3) is 0.571. The van der Waals surface area contributed by atoms with Crippen molar-refractivity contribution in [3.05, 3.63) is 17.2 Å². The minimum atomic E-state index is 0.0520. The van der Waals surface area contributed by atoms with Gasteiger partial charge in [0.25, 0.3) is 0 Å². The molecule has 1 aromatic rings. The molecule has 18 heavy (non-hydrogen) atoms. The molecular weight excluding hydrogens is 230 g/mol. The van der Waals surface area contributed by atoms with Crippen molar-refractivity contribution in [2.24, 2.45) is 5.73 Å². The third kappa shape index (κ3) is 2.12. The zero-order chi connectivity index (χ0) is 13.1. The first-order valence-corrected chi connectivity index (χ1v) is 6.30. The van der Waals surface area contributed by atoms with Crippen LogP contribution in [0.3, 0.4) is 0 Å². The molecule has 0 aliphatic heterocycles. The van der Waals surface area contributed by atoms with Gasteiger partial charge in [-0.2, -0.15) is 0 Å². The number of fused-ring (bicyclic) bond motifs is 1. The van der Waals surface area contributed by atoms with Crippen LogP contribution in [0.2, 0.25) is 0 Å². The van der Waals surface area contributed by atoms with Gasteiger partial charge in [0.2, 0.25) is 5.75 Å². The molecule has 0 spiro atoms. The van der Waals surface area contributed by atoms with Gasteiger partial charge in [0.05, 0.1) is 21.3 Å². The summed E-state index contributed by atoms with van der Waals surface area (Å²) in [5.41, 5.74) is 8.53. The molecule has 2 rings (SSSR count). The summed E-state index contributed by atoms with van der Waals surface area (Å²) >= 11 is 0. The zero-order valence-corrected chi connectivity index (χ0v) is 11.3. The number of rotatable bonds is 3. The van der Waals surface area contributed by atoms with Crippen molar-refractivity contribution in [1.82, 2.24) is 0 Å². The molecule has 2 N–H and O–H groups in total. The lowest BCUT2D eigenvalue weighted by Crippen LogP contribution is -2.12. The highest BCUT2D eigenvalue weighted by Gasteiger charge is 2.24. The summed E-state index contributed by atoms with van der Waals surface area (Å²) in [6, 6.07) is 2.04. The molecule has 1 aromatic carbocycles. The second-order valence-corrected chi connectivity index (χ2v) is 4.57. The summed E-state index contributed by atoms with van der Waals surface area (Å²) in [4.78, 5) is 0. The van der Waals surface area contributed by atoms with E-state index in [0.29, 0.717) is 11.5 Å². The van der Waals surface area contributed by atoms with Crippen molar-refractivity contribution in [3.63, 3.8) is 0 Å². The summed E-state index contributed by atoms with van der Waals surface area (Å²) in [5, 5.41) is 0. The van der Waals surface area contributed by atoms with Gasteiger partial charge in [-0.15, -0.1) is 0 Å². The quantitative estimate of drug-likeness (QED) is 0.838. The number of hydrogen-bond donors (Lipinski definition) is 1. The van der Waals surface area contributed by atoms with Crippen LogP contribution in [0.5, 0.6) is 17.2 Å². The van der Waals surface area contributed by atoms with Gasteiger partial charge >= 0.3 is 0 Å². The summed E-state index contributed by atoms with van der Waals surface area (Å²) in [7, 11) is 4.92. The third-order valence-electron chi connectivity index (χ3n) is 3.56. The highest BCUT2D eigenvalue weighted by atomic mass is 16.5. The van der Waals surface area contributed by atoms with E-state index in [1.165, 1.54) is 5.56 Å². The van der Waals surface area contributed by atoms with Crippen molar-refractivity contribution in [2.45, 2.75) is 31.7 Å². The SMILES string of the molecule is COc1cc2c(c(OC)c1OC)CCCC[C@@H]2N. The lowest BCUT2D eigenvalue weighted by atomic mass is 9.97. The Morgan fingerprint density at radius 3 is 2.39 bits per heavy atom. The molecule has 0 radical (unpaired) electrons. The summed E-state index contributed by atoms with van der Waals surface area (Å²) in [5.74, 6) is 2.11. The van der Waals surface area contributed by atoms with E-state index in [-0.39, 0.29) is 6.04 Å². The van der Waals surface area contributed by atoms with E-state index in [4.69, 9.17) is 19.9 Å². The average molecular weight is 251 g/mol. The Kier molecular flexibility index (Phi) is 3.97. The van der Waals surface area contributed by atoms with Gasteiger partial charge in [-0.05, 0) is 30.9 Å². The average Bonchev–Trinajstić information content (AvgIpc) is 2.58. The van der Waals surface area contributed by atoms with Crippen LogP contribution in [0, 0.1) is 0 Å². The van der Waals surface area contributed by atoms with Crippen molar-refractivity contribution in [3.8, 4) is 17.2 Å². The van der Waals surface area contributed by atoms with E-state index in [1.807, 2.05) is 6.07 Å². The number of benzene rings is 1. The van der Waals surface area contributed by atoms with Crippen LogP contribution < -0.4 is 19.9 Å². The fourth-order valence-electron chi connectivity index (χ4n) is 2.64. The van der Waals surface area contributed by atoms with Crippen LogP contribution >= 0.6 is 0 Å². The van der Waals surface area contributed by atoms with Crippen molar-refractivity contribution in [1.29, 1.82) is 0 Å². The molecule has 0 fully saturated rings. The van der Waals surface area contributed by atoms with E-state index < -0.39 is 0 Å². The first-order chi connectivity index (χ1) is 8.72. The first-order valence-electron chi connectivity index (χ1n) is 6.30. The first kappa shape index (κ1) is 13.0. The minimum absolute atomic E-state index is 0.0520. The lowest BCUT2D eigenvalue weighted by molar-refractivity contribution is 0.321. The molecule has 0 bridgehead atoms. The molecule has 0 amide bonds. The molecule has 0 saturated heterocycles. The van der Waals surface area contributed by atoms with Crippen LogP contribution in [-0.2, 0) is 6.42 Å². The highest BCUT2D eigenvalue weighted by molar-refractivity contribution is 5.60. The Morgan fingerprint density at radius 2 is 1.78 bits per heavy atom. The number of methoxy groups -OCH3 is 3. The molecule has 0 heterocycles. The van der Waals surface area contributed by atoms with Crippen LogP contribution in [-0.4, -0.2) is 21.3 Å². The standard InChI is InChI=1S/C14H21NO3/c1-16-12-8-10-9(6-4-5-7-11(10)15)13(17-2)14(12)18-3/h8,11H,4-7,15H2,1-3H3/t11-/m0/s1. The topological polar surface area (TPSA) is 53.7 Å². The normalized spacial score (nSPS) is 18.8. The number of hydrogen-bond acceptors (Lipinski definition) is 4. The Bertz CT molecular complexity index is 432. The van der Waals surface area contributed by atoms with E-state index in [2.05, 4.69) is 0 Å².